The van der Waals surface area contributed by atoms with Gasteiger partial charge in [-0.1, -0.05) is 30.3 Å². The van der Waals surface area contributed by atoms with Gasteiger partial charge in [0, 0.05) is 18.4 Å². The van der Waals surface area contributed by atoms with Gasteiger partial charge in [-0.25, -0.2) is 0 Å². The van der Waals surface area contributed by atoms with Crippen molar-refractivity contribution in [1.29, 1.82) is 0 Å². The highest BCUT2D eigenvalue weighted by molar-refractivity contribution is 5.15. The SMILES string of the molecule is NC(CCCc1ccccc1)Cc1ccncc1. The Morgan fingerprint density at radius 2 is 1.67 bits per heavy atom. The van der Waals surface area contributed by atoms with Gasteiger partial charge in [0.15, 0.2) is 0 Å². The highest BCUT2D eigenvalue weighted by Gasteiger charge is 2.04. The topological polar surface area (TPSA) is 38.9 Å². The summed E-state index contributed by atoms with van der Waals surface area (Å²) < 4.78 is 0. The lowest BCUT2D eigenvalue weighted by Crippen LogP contribution is -2.22. The van der Waals surface area contributed by atoms with Gasteiger partial charge >= 0.3 is 0 Å². The maximum Gasteiger partial charge on any atom is 0.0270 e. The smallest absolute Gasteiger partial charge is 0.0270 e. The van der Waals surface area contributed by atoms with Gasteiger partial charge in [0.25, 0.3) is 0 Å². The van der Waals surface area contributed by atoms with Crippen LogP contribution in [0.4, 0.5) is 0 Å². The predicted octanol–water partition coefficient (Wildman–Crippen LogP) is 2.97. The Labute approximate surface area is 109 Å². The van der Waals surface area contributed by atoms with Gasteiger partial charge in [0.2, 0.25) is 0 Å². The molecule has 2 N–H and O–H groups in total. The fourth-order valence-corrected chi connectivity index (χ4v) is 2.14. The van der Waals surface area contributed by atoms with E-state index in [1.54, 1.807) is 0 Å². The molecule has 1 heterocycles. The molecule has 1 aromatic heterocycles. The van der Waals surface area contributed by atoms with Crippen LogP contribution in [-0.2, 0) is 12.8 Å². The first kappa shape index (κ1) is 12.8. The van der Waals surface area contributed by atoms with E-state index in [4.69, 9.17) is 5.73 Å². The Morgan fingerprint density at radius 3 is 2.39 bits per heavy atom. The normalized spacial score (nSPS) is 12.3. The third-order valence-corrected chi connectivity index (χ3v) is 3.13. The third kappa shape index (κ3) is 4.30. The monoisotopic (exact) mass is 240 g/mol. The highest BCUT2D eigenvalue weighted by atomic mass is 14.6. The van der Waals surface area contributed by atoms with E-state index in [-0.39, 0.29) is 6.04 Å². The van der Waals surface area contributed by atoms with Crippen molar-refractivity contribution < 1.29 is 0 Å². The summed E-state index contributed by atoms with van der Waals surface area (Å²) in [6, 6.07) is 14.9. The van der Waals surface area contributed by atoms with E-state index in [1.165, 1.54) is 11.1 Å². The summed E-state index contributed by atoms with van der Waals surface area (Å²) >= 11 is 0. The standard InChI is InChI=1S/C16H20N2/c17-16(13-15-9-11-18-12-10-15)8-4-7-14-5-2-1-3-6-14/h1-3,5-6,9-12,16H,4,7-8,13,17H2. The van der Waals surface area contributed by atoms with Crippen molar-refractivity contribution in [2.75, 3.05) is 0 Å². The summed E-state index contributed by atoms with van der Waals surface area (Å²) in [7, 11) is 0. The van der Waals surface area contributed by atoms with Crippen molar-refractivity contribution in [3.8, 4) is 0 Å². The minimum absolute atomic E-state index is 0.246. The Balaban J connectivity index is 1.71. The molecule has 18 heavy (non-hydrogen) atoms. The summed E-state index contributed by atoms with van der Waals surface area (Å²) in [5, 5.41) is 0. The van der Waals surface area contributed by atoms with E-state index in [2.05, 4.69) is 35.3 Å². The van der Waals surface area contributed by atoms with Crippen molar-refractivity contribution in [3.63, 3.8) is 0 Å². The Morgan fingerprint density at radius 1 is 0.944 bits per heavy atom. The second-order valence-corrected chi connectivity index (χ2v) is 4.70. The summed E-state index contributed by atoms with van der Waals surface area (Å²) in [4.78, 5) is 4.01. The van der Waals surface area contributed by atoms with E-state index < -0.39 is 0 Å². The van der Waals surface area contributed by atoms with Crippen LogP contribution in [0.5, 0.6) is 0 Å². The minimum Gasteiger partial charge on any atom is -0.327 e. The second kappa shape index (κ2) is 6.92. The van der Waals surface area contributed by atoms with Crippen LogP contribution in [0.2, 0.25) is 0 Å². The molecule has 94 valence electrons. The Hall–Kier alpha value is -1.67. The number of benzene rings is 1. The Kier molecular flexibility index (Phi) is 4.91. The molecule has 0 amide bonds. The molecule has 0 bridgehead atoms. The molecule has 0 radical (unpaired) electrons. The molecule has 0 fully saturated rings. The first-order valence-corrected chi connectivity index (χ1v) is 6.53. The summed E-state index contributed by atoms with van der Waals surface area (Å²) in [5.41, 5.74) is 8.82. The summed E-state index contributed by atoms with van der Waals surface area (Å²) in [5.74, 6) is 0. The van der Waals surface area contributed by atoms with Crippen LogP contribution in [0, 0.1) is 0 Å². The van der Waals surface area contributed by atoms with E-state index in [0.717, 1.165) is 25.7 Å². The quantitative estimate of drug-likeness (QED) is 0.843. The van der Waals surface area contributed by atoms with Gasteiger partial charge in [-0.2, -0.15) is 0 Å². The molecule has 2 nitrogen and oxygen atoms in total. The van der Waals surface area contributed by atoms with Gasteiger partial charge < -0.3 is 5.73 Å². The van der Waals surface area contributed by atoms with Crippen molar-refractivity contribution >= 4 is 0 Å². The molecule has 0 saturated carbocycles. The van der Waals surface area contributed by atoms with E-state index in [1.807, 2.05) is 24.5 Å². The number of aryl methyl sites for hydroxylation is 1. The van der Waals surface area contributed by atoms with Gasteiger partial charge in [-0.15, -0.1) is 0 Å². The number of pyridine rings is 1. The van der Waals surface area contributed by atoms with Crippen LogP contribution in [0.15, 0.2) is 54.9 Å². The molecule has 2 aromatic rings. The first-order chi connectivity index (χ1) is 8.84. The van der Waals surface area contributed by atoms with Crippen LogP contribution in [0.3, 0.4) is 0 Å². The fraction of sp³-hybridized carbons (Fsp3) is 0.312. The second-order valence-electron chi connectivity index (χ2n) is 4.70. The molecular weight excluding hydrogens is 220 g/mol. The van der Waals surface area contributed by atoms with Crippen LogP contribution < -0.4 is 5.73 Å². The van der Waals surface area contributed by atoms with Gasteiger partial charge in [-0.05, 0) is 48.9 Å². The number of aromatic nitrogens is 1. The molecule has 0 saturated heterocycles. The maximum atomic E-state index is 6.15. The van der Waals surface area contributed by atoms with Gasteiger partial charge in [0.1, 0.15) is 0 Å². The molecule has 1 atom stereocenters. The Bertz CT molecular complexity index is 439. The van der Waals surface area contributed by atoms with Gasteiger partial charge in [-0.3, -0.25) is 4.98 Å². The van der Waals surface area contributed by atoms with Gasteiger partial charge in [0.05, 0.1) is 0 Å². The van der Waals surface area contributed by atoms with Crippen LogP contribution in [-0.4, -0.2) is 11.0 Å². The zero-order chi connectivity index (χ0) is 12.6. The molecular formula is C16H20N2. The fourth-order valence-electron chi connectivity index (χ4n) is 2.14. The molecule has 1 aromatic carbocycles. The van der Waals surface area contributed by atoms with E-state index in [9.17, 15) is 0 Å². The average molecular weight is 240 g/mol. The highest BCUT2D eigenvalue weighted by Crippen LogP contribution is 2.08. The van der Waals surface area contributed by atoms with Crippen molar-refractivity contribution in [3.05, 3.63) is 66.0 Å². The maximum absolute atomic E-state index is 6.15. The lowest BCUT2D eigenvalue weighted by Gasteiger charge is -2.11. The van der Waals surface area contributed by atoms with Crippen molar-refractivity contribution in [2.24, 2.45) is 5.73 Å². The average Bonchev–Trinajstić information content (AvgIpc) is 2.41. The van der Waals surface area contributed by atoms with Crippen molar-refractivity contribution in [1.82, 2.24) is 4.98 Å². The summed E-state index contributed by atoms with van der Waals surface area (Å²) in [6.07, 6.45) is 7.92. The molecule has 2 heteroatoms. The molecule has 0 aliphatic heterocycles. The number of rotatable bonds is 6. The largest absolute Gasteiger partial charge is 0.327 e. The predicted molar refractivity (Wildman–Crippen MR) is 75.3 cm³/mol. The van der Waals surface area contributed by atoms with E-state index >= 15 is 0 Å². The number of nitrogens with zero attached hydrogens (tertiary/aromatic N) is 1. The molecule has 2 rings (SSSR count). The van der Waals surface area contributed by atoms with Crippen LogP contribution >= 0.6 is 0 Å². The third-order valence-electron chi connectivity index (χ3n) is 3.13. The molecule has 0 aliphatic rings. The zero-order valence-electron chi connectivity index (χ0n) is 10.6. The number of hydrogen-bond acceptors (Lipinski definition) is 2. The first-order valence-electron chi connectivity index (χ1n) is 6.53. The molecule has 1 unspecified atom stereocenters. The molecule has 0 spiro atoms. The zero-order valence-corrected chi connectivity index (χ0v) is 10.6. The lowest BCUT2D eigenvalue weighted by molar-refractivity contribution is 0.580. The lowest BCUT2D eigenvalue weighted by atomic mass is 10.0. The summed E-state index contributed by atoms with van der Waals surface area (Å²) in [6.45, 7) is 0. The van der Waals surface area contributed by atoms with Crippen LogP contribution in [0.25, 0.3) is 0 Å². The number of nitrogens with two attached hydrogens (primary N) is 1. The van der Waals surface area contributed by atoms with Crippen LogP contribution in [0.1, 0.15) is 24.0 Å². The molecule has 0 aliphatic carbocycles. The number of hydrogen-bond donors (Lipinski definition) is 1. The van der Waals surface area contributed by atoms with E-state index in [0.29, 0.717) is 0 Å². The minimum atomic E-state index is 0.246. The van der Waals surface area contributed by atoms with Crippen molar-refractivity contribution in [2.45, 2.75) is 31.7 Å².